The summed E-state index contributed by atoms with van der Waals surface area (Å²) in [4.78, 5) is 21.2. The largest absolute Gasteiger partial charge is 0.480 e. The molecule has 4 nitrogen and oxygen atoms in total. The molecule has 1 saturated carbocycles. The first-order valence-electron chi connectivity index (χ1n) is 4.99. The molecule has 0 radical (unpaired) electrons. The molecule has 1 aliphatic rings. The number of aliphatic carboxylic acids is 1. The summed E-state index contributed by atoms with van der Waals surface area (Å²) in [5, 5.41) is 9.89. The zero-order valence-electron chi connectivity index (χ0n) is 8.93. The minimum absolute atomic E-state index is 0.438. The van der Waals surface area contributed by atoms with Gasteiger partial charge in [-0.2, -0.15) is 13.2 Å². The summed E-state index contributed by atoms with van der Waals surface area (Å²) >= 11 is 0. The fourth-order valence-corrected chi connectivity index (χ4v) is 1.75. The van der Waals surface area contributed by atoms with Gasteiger partial charge >= 0.3 is 18.1 Å². The van der Waals surface area contributed by atoms with Crippen molar-refractivity contribution in [3.63, 3.8) is 0 Å². The van der Waals surface area contributed by atoms with Gasteiger partial charge in [0, 0.05) is 12.8 Å². The molecule has 1 unspecified atom stereocenters. The van der Waals surface area contributed by atoms with Gasteiger partial charge in [-0.1, -0.05) is 0 Å². The number of carbonyl (C=O) groups excluding carboxylic acids is 1. The predicted octanol–water partition coefficient (Wildman–Crippen LogP) is 1.55. The molecule has 0 aromatic carbocycles. The number of carboxylic acids is 1. The second-order valence-electron chi connectivity index (χ2n) is 4.23. The summed E-state index contributed by atoms with van der Waals surface area (Å²) in [6, 6.07) is -1.81. The lowest BCUT2D eigenvalue weighted by atomic mass is 9.77. The maximum Gasteiger partial charge on any atom is 0.471 e. The zero-order valence-corrected chi connectivity index (χ0v) is 8.93. The second kappa shape index (κ2) is 4.69. The van der Waals surface area contributed by atoms with E-state index in [1.54, 1.807) is 0 Å². The molecule has 2 N–H and O–H groups in total. The molecule has 0 saturated heterocycles. The van der Waals surface area contributed by atoms with Crippen molar-refractivity contribution in [2.24, 2.45) is 5.92 Å². The van der Waals surface area contributed by atoms with E-state index >= 15 is 0 Å². The predicted molar refractivity (Wildman–Crippen MR) is 47.9 cm³/mol. The average Bonchev–Trinajstić information content (AvgIpc) is 2.11. The monoisotopic (exact) mass is 275 g/mol. The Bertz CT molecular complexity index is 347. The van der Waals surface area contributed by atoms with Crippen molar-refractivity contribution in [2.75, 3.05) is 0 Å². The van der Waals surface area contributed by atoms with Crippen LogP contribution in [0.15, 0.2) is 0 Å². The molecule has 1 atom stereocenters. The quantitative estimate of drug-likeness (QED) is 0.765. The Morgan fingerprint density at radius 2 is 1.83 bits per heavy atom. The van der Waals surface area contributed by atoms with Gasteiger partial charge in [-0.15, -0.1) is 0 Å². The number of hydrogen-bond acceptors (Lipinski definition) is 2. The van der Waals surface area contributed by atoms with Crippen molar-refractivity contribution in [2.45, 2.75) is 37.4 Å². The standard InChI is InChI=1S/C9H10F5NO3/c10-8(11)2-4(3-8)1-5(6(16)17)15-7(18)9(12,13)14/h4-5H,1-3H2,(H,15,18)(H,16,17). The van der Waals surface area contributed by atoms with E-state index in [0.29, 0.717) is 0 Å². The lowest BCUT2D eigenvalue weighted by Crippen LogP contribution is -2.49. The number of carbonyl (C=O) groups is 2. The van der Waals surface area contributed by atoms with Gasteiger partial charge < -0.3 is 10.4 Å². The number of alkyl halides is 5. The fraction of sp³-hybridized carbons (Fsp3) is 0.778. The molecule has 18 heavy (non-hydrogen) atoms. The maximum absolute atomic E-state index is 12.5. The molecule has 1 amide bonds. The number of amides is 1. The number of carboxylic acid groups (broad SMARTS) is 1. The molecule has 1 fully saturated rings. The third-order valence-electron chi connectivity index (χ3n) is 2.60. The van der Waals surface area contributed by atoms with E-state index in [1.165, 1.54) is 5.32 Å². The second-order valence-corrected chi connectivity index (χ2v) is 4.23. The van der Waals surface area contributed by atoms with Crippen molar-refractivity contribution < 1.29 is 36.6 Å². The normalized spacial score (nSPS) is 20.9. The van der Waals surface area contributed by atoms with Gasteiger partial charge in [-0.25, -0.2) is 13.6 Å². The molecule has 0 bridgehead atoms. The van der Waals surface area contributed by atoms with Crippen LogP contribution in [-0.2, 0) is 9.59 Å². The number of halogens is 5. The molecule has 0 aromatic heterocycles. The van der Waals surface area contributed by atoms with Gasteiger partial charge in [0.2, 0.25) is 5.92 Å². The lowest BCUT2D eigenvalue weighted by Gasteiger charge is -2.36. The van der Waals surface area contributed by atoms with Gasteiger partial charge in [0.25, 0.3) is 0 Å². The Balaban J connectivity index is 2.52. The van der Waals surface area contributed by atoms with Crippen LogP contribution in [0.5, 0.6) is 0 Å². The van der Waals surface area contributed by atoms with Crippen molar-refractivity contribution in [1.29, 1.82) is 0 Å². The minimum atomic E-state index is -5.20. The van der Waals surface area contributed by atoms with Gasteiger partial charge in [0.15, 0.2) is 0 Å². The fourth-order valence-electron chi connectivity index (χ4n) is 1.75. The van der Waals surface area contributed by atoms with E-state index in [2.05, 4.69) is 0 Å². The summed E-state index contributed by atoms with van der Waals surface area (Å²) in [7, 11) is 0. The summed E-state index contributed by atoms with van der Waals surface area (Å²) in [5.74, 6) is -7.65. The first kappa shape index (κ1) is 14.7. The first-order chi connectivity index (χ1) is 8.01. The highest BCUT2D eigenvalue weighted by atomic mass is 19.4. The topological polar surface area (TPSA) is 66.4 Å². The molecule has 0 spiro atoms. The third kappa shape index (κ3) is 3.81. The van der Waals surface area contributed by atoms with Crippen LogP contribution in [0, 0.1) is 5.92 Å². The number of hydrogen-bond donors (Lipinski definition) is 2. The van der Waals surface area contributed by atoms with Crippen LogP contribution in [-0.4, -0.2) is 35.1 Å². The molecule has 0 aliphatic heterocycles. The van der Waals surface area contributed by atoms with E-state index < -0.39 is 55.2 Å². The van der Waals surface area contributed by atoms with Crippen LogP contribution in [0.4, 0.5) is 22.0 Å². The number of rotatable bonds is 4. The van der Waals surface area contributed by atoms with E-state index in [4.69, 9.17) is 5.11 Å². The summed E-state index contributed by atoms with van der Waals surface area (Å²) in [5.41, 5.74) is 0. The molecule has 104 valence electrons. The van der Waals surface area contributed by atoms with Gasteiger partial charge in [-0.05, 0) is 12.3 Å². The highest BCUT2D eigenvalue weighted by Crippen LogP contribution is 2.44. The van der Waals surface area contributed by atoms with Crippen LogP contribution >= 0.6 is 0 Å². The van der Waals surface area contributed by atoms with Crippen molar-refractivity contribution in [3.05, 3.63) is 0 Å². The van der Waals surface area contributed by atoms with Crippen molar-refractivity contribution >= 4 is 11.9 Å². The Morgan fingerprint density at radius 1 is 1.33 bits per heavy atom. The average molecular weight is 275 g/mol. The molecule has 0 aromatic rings. The van der Waals surface area contributed by atoms with Crippen molar-refractivity contribution in [3.8, 4) is 0 Å². The van der Waals surface area contributed by atoms with Crippen LogP contribution in [0.25, 0.3) is 0 Å². The Hall–Kier alpha value is -1.41. The molecular weight excluding hydrogens is 265 g/mol. The smallest absolute Gasteiger partial charge is 0.471 e. The van der Waals surface area contributed by atoms with Gasteiger partial charge in [0.05, 0.1) is 0 Å². The Labute approximate surface area is 98.1 Å². The van der Waals surface area contributed by atoms with Crippen LogP contribution < -0.4 is 5.32 Å². The van der Waals surface area contributed by atoms with Gasteiger partial charge in [-0.3, -0.25) is 4.79 Å². The Kier molecular flexibility index (Phi) is 3.82. The van der Waals surface area contributed by atoms with Gasteiger partial charge in [0.1, 0.15) is 6.04 Å². The number of nitrogens with one attached hydrogen (secondary N) is 1. The molecule has 1 rings (SSSR count). The maximum atomic E-state index is 12.5. The summed E-state index contributed by atoms with van der Waals surface area (Å²) in [6.07, 6.45) is -6.78. The zero-order chi connectivity index (χ0) is 14.1. The molecule has 9 heteroatoms. The van der Waals surface area contributed by atoms with Crippen LogP contribution in [0.2, 0.25) is 0 Å². The van der Waals surface area contributed by atoms with Crippen LogP contribution in [0.3, 0.4) is 0 Å². The Morgan fingerprint density at radius 3 is 2.17 bits per heavy atom. The van der Waals surface area contributed by atoms with E-state index in [9.17, 15) is 31.5 Å². The summed E-state index contributed by atoms with van der Waals surface area (Å²) < 4.78 is 60.7. The van der Waals surface area contributed by atoms with Crippen LogP contribution in [0.1, 0.15) is 19.3 Å². The van der Waals surface area contributed by atoms with Crippen molar-refractivity contribution in [1.82, 2.24) is 5.32 Å². The van der Waals surface area contributed by atoms with E-state index in [0.717, 1.165) is 0 Å². The SMILES string of the molecule is O=C(O)C(CC1CC(F)(F)C1)NC(=O)C(F)(F)F. The molecular formula is C9H10F5NO3. The molecule has 0 heterocycles. The van der Waals surface area contributed by atoms with E-state index in [-0.39, 0.29) is 0 Å². The minimum Gasteiger partial charge on any atom is -0.480 e. The highest BCUT2D eigenvalue weighted by Gasteiger charge is 2.47. The van der Waals surface area contributed by atoms with E-state index in [1.807, 2.05) is 0 Å². The lowest BCUT2D eigenvalue weighted by molar-refractivity contribution is -0.176. The molecule has 1 aliphatic carbocycles. The third-order valence-corrected chi connectivity index (χ3v) is 2.60. The first-order valence-corrected chi connectivity index (χ1v) is 4.99. The summed E-state index contributed by atoms with van der Waals surface area (Å²) in [6.45, 7) is 0. The highest BCUT2D eigenvalue weighted by molar-refractivity contribution is 5.86.